The first kappa shape index (κ1) is 13.8. The number of nitrogens with zero attached hydrogens (tertiary/aromatic N) is 3. The van der Waals surface area contributed by atoms with E-state index in [1.807, 2.05) is 6.92 Å². The Morgan fingerprint density at radius 3 is 2.79 bits per heavy atom. The average molecular weight is 296 g/mol. The maximum absolute atomic E-state index is 11.0. The molecule has 1 aromatic heterocycles. The van der Waals surface area contributed by atoms with E-state index < -0.39 is 4.92 Å². The molecule has 0 bridgehead atoms. The Balaban J connectivity index is 2.42. The summed E-state index contributed by atoms with van der Waals surface area (Å²) in [6, 6.07) is 6.55. The summed E-state index contributed by atoms with van der Waals surface area (Å²) in [7, 11) is 0. The van der Waals surface area contributed by atoms with Crippen molar-refractivity contribution in [2.75, 3.05) is 0 Å². The zero-order valence-electron chi connectivity index (χ0n) is 10.0. The molecule has 7 heteroatoms. The molecule has 2 aromatic rings. The van der Waals surface area contributed by atoms with Crippen molar-refractivity contribution in [2.45, 2.75) is 23.3 Å². The Morgan fingerprint density at radius 2 is 2.11 bits per heavy atom. The molecule has 0 spiro atoms. The standard InChI is InChI=1S/C12H10ClN3O2S/c1-2-8-11(13)14-7-15-12(8)19-10-6-4-3-5-9(10)16(17)18/h3-7H,2H2,1H3. The van der Waals surface area contributed by atoms with E-state index in [1.165, 1.54) is 24.2 Å². The Kier molecular flexibility index (Phi) is 4.34. The number of nitro benzene ring substituents is 1. The van der Waals surface area contributed by atoms with Crippen LogP contribution in [0.2, 0.25) is 5.15 Å². The lowest BCUT2D eigenvalue weighted by atomic mass is 10.3. The maximum Gasteiger partial charge on any atom is 0.283 e. The van der Waals surface area contributed by atoms with Crippen LogP contribution in [0.5, 0.6) is 0 Å². The Hall–Kier alpha value is -1.66. The molecule has 0 fully saturated rings. The van der Waals surface area contributed by atoms with Crippen LogP contribution < -0.4 is 0 Å². The van der Waals surface area contributed by atoms with Crippen LogP contribution in [0, 0.1) is 10.1 Å². The van der Waals surface area contributed by atoms with Crippen molar-refractivity contribution in [1.29, 1.82) is 0 Å². The first-order valence-corrected chi connectivity index (χ1v) is 6.73. The second kappa shape index (κ2) is 5.99. The topological polar surface area (TPSA) is 68.9 Å². The van der Waals surface area contributed by atoms with Gasteiger partial charge in [-0.05, 0) is 12.5 Å². The highest BCUT2D eigenvalue weighted by atomic mass is 35.5. The highest BCUT2D eigenvalue weighted by molar-refractivity contribution is 7.99. The number of hydrogen-bond acceptors (Lipinski definition) is 5. The van der Waals surface area contributed by atoms with Gasteiger partial charge in [0, 0.05) is 11.6 Å². The normalized spacial score (nSPS) is 10.4. The molecule has 0 aliphatic heterocycles. The van der Waals surface area contributed by atoms with Crippen molar-refractivity contribution in [3.05, 3.63) is 51.4 Å². The lowest BCUT2D eigenvalue weighted by molar-refractivity contribution is -0.387. The van der Waals surface area contributed by atoms with Crippen molar-refractivity contribution in [3.8, 4) is 0 Å². The van der Waals surface area contributed by atoms with Crippen LogP contribution in [0.1, 0.15) is 12.5 Å². The van der Waals surface area contributed by atoms with Gasteiger partial charge in [0.2, 0.25) is 0 Å². The molecule has 0 aliphatic carbocycles. The predicted molar refractivity (Wildman–Crippen MR) is 73.6 cm³/mol. The minimum Gasteiger partial charge on any atom is -0.258 e. The molecular formula is C12H10ClN3O2S. The molecular weight excluding hydrogens is 286 g/mol. The molecule has 1 heterocycles. The average Bonchev–Trinajstić information content (AvgIpc) is 2.39. The molecule has 0 atom stereocenters. The summed E-state index contributed by atoms with van der Waals surface area (Å²) in [6.07, 6.45) is 2.03. The van der Waals surface area contributed by atoms with E-state index in [0.717, 1.165) is 5.56 Å². The van der Waals surface area contributed by atoms with Gasteiger partial charge in [-0.2, -0.15) is 0 Å². The molecule has 19 heavy (non-hydrogen) atoms. The van der Waals surface area contributed by atoms with E-state index in [4.69, 9.17) is 11.6 Å². The van der Waals surface area contributed by atoms with Gasteiger partial charge >= 0.3 is 0 Å². The SMILES string of the molecule is CCc1c(Cl)ncnc1Sc1ccccc1[N+](=O)[O-]. The third kappa shape index (κ3) is 3.02. The number of para-hydroxylation sites is 1. The zero-order valence-corrected chi connectivity index (χ0v) is 11.6. The van der Waals surface area contributed by atoms with E-state index in [9.17, 15) is 10.1 Å². The number of aromatic nitrogens is 2. The van der Waals surface area contributed by atoms with Crippen LogP contribution in [0.3, 0.4) is 0 Å². The predicted octanol–water partition coefficient (Wildman–Crippen LogP) is 3.75. The highest BCUT2D eigenvalue weighted by Gasteiger charge is 2.16. The molecule has 5 nitrogen and oxygen atoms in total. The first-order chi connectivity index (χ1) is 9.13. The minimum atomic E-state index is -0.406. The van der Waals surface area contributed by atoms with Gasteiger partial charge in [0.05, 0.1) is 9.82 Å². The van der Waals surface area contributed by atoms with Gasteiger partial charge in [-0.3, -0.25) is 10.1 Å². The number of halogens is 1. The van der Waals surface area contributed by atoms with Crippen molar-refractivity contribution in [3.63, 3.8) is 0 Å². The second-order valence-corrected chi connectivity index (χ2v) is 5.02. The molecule has 0 radical (unpaired) electrons. The van der Waals surface area contributed by atoms with Gasteiger partial charge in [0.25, 0.3) is 5.69 Å². The lowest BCUT2D eigenvalue weighted by Gasteiger charge is -2.07. The summed E-state index contributed by atoms with van der Waals surface area (Å²) >= 11 is 7.23. The Bertz CT molecular complexity index is 622. The molecule has 0 saturated heterocycles. The molecule has 1 aromatic carbocycles. The molecule has 0 unspecified atom stereocenters. The summed E-state index contributed by atoms with van der Waals surface area (Å²) in [4.78, 5) is 19.2. The fraction of sp³-hybridized carbons (Fsp3) is 0.167. The zero-order chi connectivity index (χ0) is 13.8. The van der Waals surface area contributed by atoms with Gasteiger partial charge in [-0.15, -0.1) is 0 Å². The van der Waals surface area contributed by atoms with Crippen LogP contribution in [0.25, 0.3) is 0 Å². The quantitative estimate of drug-likeness (QED) is 0.488. The van der Waals surface area contributed by atoms with Crippen LogP contribution in [0.4, 0.5) is 5.69 Å². The van der Waals surface area contributed by atoms with Crippen molar-refractivity contribution in [2.24, 2.45) is 0 Å². The molecule has 0 saturated carbocycles. The van der Waals surface area contributed by atoms with Crippen molar-refractivity contribution in [1.82, 2.24) is 9.97 Å². The summed E-state index contributed by atoms with van der Waals surface area (Å²) < 4.78 is 0. The summed E-state index contributed by atoms with van der Waals surface area (Å²) in [5, 5.41) is 12.0. The van der Waals surface area contributed by atoms with Gasteiger partial charge in [0.1, 0.15) is 16.5 Å². The molecule has 0 aliphatic rings. The van der Waals surface area contributed by atoms with Crippen molar-refractivity contribution < 1.29 is 4.92 Å². The first-order valence-electron chi connectivity index (χ1n) is 5.54. The Morgan fingerprint density at radius 1 is 1.37 bits per heavy atom. The maximum atomic E-state index is 11.0. The monoisotopic (exact) mass is 295 g/mol. The van der Waals surface area contributed by atoms with Gasteiger partial charge in [-0.25, -0.2) is 9.97 Å². The van der Waals surface area contributed by atoms with E-state index in [0.29, 0.717) is 21.5 Å². The smallest absolute Gasteiger partial charge is 0.258 e. The summed E-state index contributed by atoms with van der Waals surface area (Å²) in [5.74, 6) is 0. The molecule has 98 valence electrons. The largest absolute Gasteiger partial charge is 0.283 e. The molecule has 2 rings (SSSR count). The second-order valence-electron chi connectivity index (χ2n) is 3.63. The lowest BCUT2D eigenvalue weighted by Crippen LogP contribution is -1.95. The van der Waals surface area contributed by atoms with E-state index in [2.05, 4.69) is 9.97 Å². The van der Waals surface area contributed by atoms with Gasteiger partial charge in [0.15, 0.2) is 0 Å². The highest BCUT2D eigenvalue weighted by Crippen LogP contribution is 2.36. The third-order valence-electron chi connectivity index (χ3n) is 2.48. The fourth-order valence-electron chi connectivity index (χ4n) is 1.56. The summed E-state index contributed by atoms with van der Waals surface area (Å²) in [6.45, 7) is 1.94. The molecule has 0 amide bonds. The Labute approximate surface area is 119 Å². The van der Waals surface area contributed by atoms with E-state index in [-0.39, 0.29) is 5.69 Å². The molecule has 0 N–H and O–H groups in total. The van der Waals surface area contributed by atoms with Crippen LogP contribution in [-0.2, 0) is 6.42 Å². The van der Waals surface area contributed by atoms with E-state index >= 15 is 0 Å². The number of hydrogen-bond donors (Lipinski definition) is 0. The third-order valence-corrected chi connectivity index (χ3v) is 3.91. The van der Waals surface area contributed by atoms with Crippen LogP contribution >= 0.6 is 23.4 Å². The number of nitro groups is 1. The van der Waals surface area contributed by atoms with Crippen LogP contribution in [0.15, 0.2) is 40.5 Å². The minimum absolute atomic E-state index is 0.0595. The number of benzene rings is 1. The van der Waals surface area contributed by atoms with Crippen LogP contribution in [-0.4, -0.2) is 14.9 Å². The van der Waals surface area contributed by atoms with Crippen molar-refractivity contribution >= 4 is 29.1 Å². The summed E-state index contributed by atoms with van der Waals surface area (Å²) in [5.41, 5.74) is 0.858. The van der Waals surface area contributed by atoms with Gasteiger partial charge in [-0.1, -0.05) is 42.4 Å². The fourth-order valence-corrected chi connectivity index (χ4v) is 2.95. The number of rotatable bonds is 4. The van der Waals surface area contributed by atoms with Gasteiger partial charge < -0.3 is 0 Å². The van der Waals surface area contributed by atoms with E-state index in [1.54, 1.807) is 18.2 Å².